The molecule has 2 N–H and O–H groups in total. The van der Waals surface area contributed by atoms with Gasteiger partial charge in [0, 0.05) is 31.1 Å². The summed E-state index contributed by atoms with van der Waals surface area (Å²) in [6.07, 6.45) is 1.34. The van der Waals surface area contributed by atoms with Gasteiger partial charge in [-0.3, -0.25) is 4.39 Å². The zero-order valence-corrected chi connectivity index (χ0v) is 5.23. The Balaban J connectivity index is 2.41. The van der Waals surface area contributed by atoms with E-state index in [2.05, 4.69) is 5.32 Å². The van der Waals surface area contributed by atoms with E-state index in [1.807, 2.05) is 0 Å². The summed E-state index contributed by atoms with van der Waals surface area (Å²) in [7, 11) is 0. The van der Waals surface area contributed by atoms with E-state index < -0.39 is 0 Å². The molecule has 1 saturated heterocycles. The molecule has 3 heteroatoms. The number of halogens is 1. The van der Waals surface area contributed by atoms with Crippen LogP contribution in [0.1, 0.15) is 0 Å². The van der Waals surface area contributed by atoms with Crippen LogP contribution in [0.2, 0.25) is 0 Å². The number of nitrogens with one attached hydrogen (secondary N) is 2. The highest BCUT2D eigenvalue weighted by Crippen LogP contribution is 2.14. The summed E-state index contributed by atoms with van der Waals surface area (Å²) in [5, 5.41) is 9.94. The van der Waals surface area contributed by atoms with Crippen LogP contribution >= 0.6 is 0 Å². The molecule has 9 heavy (non-hydrogen) atoms. The van der Waals surface area contributed by atoms with E-state index in [9.17, 15) is 4.39 Å². The summed E-state index contributed by atoms with van der Waals surface area (Å²) in [6, 6.07) is 0. The Labute approximate surface area is 54.0 Å². The van der Waals surface area contributed by atoms with E-state index >= 15 is 0 Å². The van der Waals surface area contributed by atoms with Crippen LogP contribution in [0.4, 0.5) is 4.39 Å². The van der Waals surface area contributed by atoms with Crippen molar-refractivity contribution in [3.05, 3.63) is 0 Å². The molecule has 0 bridgehead atoms. The first-order valence-corrected chi connectivity index (χ1v) is 3.15. The maximum Gasteiger partial charge on any atom is 0.0941 e. The highest BCUT2D eigenvalue weighted by molar-refractivity contribution is 5.58. The van der Waals surface area contributed by atoms with Gasteiger partial charge in [0.25, 0.3) is 0 Å². The van der Waals surface area contributed by atoms with Crippen molar-refractivity contribution in [2.45, 2.75) is 0 Å². The second-order valence-corrected chi connectivity index (χ2v) is 2.40. The lowest BCUT2D eigenvalue weighted by Gasteiger charge is -2.06. The molecule has 0 spiro atoms. The number of hydrogen-bond donors (Lipinski definition) is 2. The standard InChI is InChI=1S/C6H11FN2/c7-1-5-3-9-4-6(5)2-8/h2,5-6,8-9H,1,3-4H2/t5-,6+/m0/s1. The Morgan fingerprint density at radius 1 is 1.67 bits per heavy atom. The summed E-state index contributed by atoms with van der Waals surface area (Å²) < 4.78 is 12.0. The molecule has 0 saturated carbocycles. The molecule has 0 aliphatic carbocycles. The van der Waals surface area contributed by atoms with Crippen LogP contribution < -0.4 is 5.32 Å². The SMILES string of the molecule is N=C[C@@H]1CNC[C@@H]1CF. The van der Waals surface area contributed by atoms with Crippen molar-refractivity contribution in [1.29, 1.82) is 5.41 Å². The van der Waals surface area contributed by atoms with E-state index in [0.717, 1.165) is 13.1 Å². The topological polar surface area (TPSA) is 35.9 Å². The second-order valence-electron chi connectivity index (χ2n) is 2.40. The van der Waals surface area contributed by atoms with Crippen LogP contribution in [0.15, 0.2) is 0 Å². The van der Waals surface area contributed by atoms with Gasteiger partial charge in [-0.1, -0.05) is 0 Å². The van der Waals surface area contributed by atoms with Crippen molar-refractivity contribution in [3.63, 3.8) is 0 Å². The van der Waals surface area contributed by atoms with Gasteiger partial charge in [-0.25, -0.2) is 0 Å². The molecule has 1 fully saturated rings. The molecule has 1 aliphatic heterocycles. The Hall–Kier alpha value is -0.440. The van der Waals surface area contributed by atoms with Crippen molar-refractivity contribution in [1.82, 2.24) is 5.32 Å². The zero-order valence-electron chi connectivity index (χ0n) is 5.23. The van der Waals surface area contributed by atoms with Gasteiger partial charge in [-0.2, -0.15) is 0 Å². The zero-order chi connectivity index (χ0) is 6.69. The molecule has 2 atom stereocenters. The fraction of sp³-hybridized carbons (Fsp3) is 0.833. The van der Waals surface area contributed by atoms with E-state index in [-0.39, 0.29) is 18.5 Å². The van der Waals surface area contributed by atoms with Gasteiger partial charge in [-0.05, 0) is 0 Å². The van der Waals surface area contributed by atoms with E-state index in [0.29, 0.717) is 0 Å². The van der Waals surface area contributed by atoms with Crippen molar-refractivity contribution in [2.75, 3.05) is 19.8 Å². The fourth-order valence-corrected chi connectivity index (χ4v) is 1.12. The Morgan fingerprint density at radius 2 is 2.44 bits per heavy atom. The Kier molecular flexibility index (Phi) is 2.16. The van der Waals surface area contributed by atoms with Crippen molar-refractivity contribution in [2.24, 2.45) is 11.8 Å². The van der Waals surface area contributed by atoms with Crippen molar-refractivity contribution >= 4 is 6.21 Å². The number of rotatable bonds is 2. The van der Waals surface area contributed by atoms with Crippen LogP contribution in [0, 0.1) is 17.2 Å². The summed E-state index contributed by atoms with van der Waals surface area (Å²) in [5.41, 5.74) is 0. The third-order valence-electron chi connectivity index (χ3n) is 1.80. The summed E-state index contributed by atoms with van der Waals surface area (Å²) in [5.74, 6) is 0.192. The van der Waals surface area contributed by atoms with Gasteiger partial charge in [0.15, 0.2) is 0 Å². The van der Waals surface area contributed by atoms with Gasteiger partial charge < -0.3 is 10.7 Å². The summed E-state index contributed by atoms with van der Waals surface area (Å²) in [6.45, 7) is 1.21. The number of alkyl halides is 1. The van der Waals surface area contributed by atoms with Gasteiger partial charge in [0.2, 0.25) is 0 Å². The first kappa shape index (κ1) is 6.68. The van der Waals surface area contributed by atoms with E-state index in [1.165, 1.54) is 6.21 Å². The maximum atomic E-state index is 12.0. The third-order valence-corrected chi connectivity index (χ3v) is 1.80. The summed E-state index contributed by atoms with van der Waals surface area (Å²) >= 11 is 0. The second kappa shape index (κ2) is 2.92. The average molecular weight is 130 g/mol. The highest BCUT2D eigenvalue weighted by Gasteiger charge is 2.24. The Bertz CT molecular complexity index is 105. The molecule has 52 valence electrons. The molecule has 2 nitrogen and oxygen atoms in total. The molecule has 0 aromatic carbocycles. The van der Waals surface area contributed by atoms with Crippen LogP contribution in [-0.2, 0) is 0 Å². The minimum Gasteiger partial charge on any atom is -0.316 e. The number of hydrogen-bond acceptors (Lipinski definition) is 2. The van der Waals surface area contributed by atoms with Gasteiger partial charge in [-0.15, -0.1) is 0 Å². The molecule has 0 aromatic rings. The first-order chi connectivity index (χ1) is 4.38. The third kappa shape index (κ3) is 1.27. The molecule has 1 heterocycles. The lowest BCUT2D eigenvalue weighted by atomic mass is 9.99. The molecular weight excluding hydrogens is 119 g/mol. The lowest BCUT2D eigenvalue weighted by molar-refractivity contribution is 0.358. The lowest BCUT2D eigenvalue weighted by Crippen LogP contribution is -2.14. The normalized spacial score (nSPS) is 34.8. The van der Waals surface area contributed by atoms with Gasteiger partial charge in [0.05, 0.1) is 6.67 Å². The Morgan fingerprint density at radius 3 is 2.89 bits per heavy atom. The highest BCUT2D eigenvalue weighted by atomic mass is 19.1. The van der Waals surface area contributed by atoms with Crippen LogP contribution in [0.5, 0.6) is 0 Å². The molecule has 0 unspecified atom stereocenters. The van der Waals surface area contributed by atoms with Crippen molar-refractivity contribution < 1.29 is 4.39 Å². The van der Waals surface area contributed by atoms with Crippen LogP contribution in [0.3, 0.4) is 0 Å². The fourth-order valence-electron chi connectivity index (χ4n) is 1.12. The molecular formula is C6H11FN2. The summed E-state index contributed by atoms with van der Waals surface area (Å²) in [4.78, 5) is 0. The van der Waals surface area contributed by atoms with E-state index in [1.54, 1.807) is 0 Å². The molecule has 1 rings (SSSR count). The smallest absolute Gasteiger partial charge is 0.0941 e. The largest absolute Gasteiger partial charge is 0.316 e. The average Bonchev–Trinajstić information content (AvgIpc) is 2.33. The monoisotopic (exact) mass is 130 g/mol. The molecule has 0 aromatic heterocycles. The minimum atomic E-state index is -0.299. The van der Waals surface area contributed by atoms with Crippen molar-refractivity contribution in [3.8, 4) is 0 Å². The van der Waals surface area contributed by atoms with Crippen LogP contribution in [0.25, 0.3) is 0 Å². The van der Waals surface area contributed by atoms with Gasteiger partial charge >= 0.3 is 0 Å². The predicted octanol–water partition coefficient (Wildman–Crippen LogP) is 0.441. The molecule has 0 amide bonds. The quantitative estimate of drug-likeness (QED) is 0.523. The minimum absolute atomic E-state index is 0.0579. The van der Waals surface area contributed by atoms with Crippen LogP contribution in [-0.4, -0.2) is 26.0 Å². The van der Waals surface area contributed by atoms with Gasteiger partial charge in [0.1, 0.15) is 0 Å². The molecule has 1 aliphatic rings. The van der Waals surface area contributed by atoms with E-state index in [4.69, 9.17) is 5.41 Å². The molecule has 0 radical (unpaired) electrons. The first-order valence-electron chi connectivity index (χ1n) is 3.15. The predicted molar refractivity (Wildman–Crippen MR) is 34.6 cm³/mol. The maximum absolute atomic E-state index is 12.0.